The summed E-state index contributed by atoms with van der Waals surface area (Å²) in [6.07, 6.45) is 1.78. The molecule has 162 valence electrons. The average Bonchev–Trinajstić information content (AvgIpc) is 3.52. The van der Waals surface area contributed by atoms with E-state index in [0.29, 0.717) is 16.6 Å². The van der Waals surface area contributed by atoms with Gasteiger partial charge in [0.25, 0.3) is 5.91 Å². The van der Waals surface area contributed by atoms with Gasteiger partial charge in [-0.05, 0) is 47.7 Å². The number of hydrogen-bond acceptors (Lipinski definition) is 6. The largest absolute Gasteiger partial charge is 0.337 e. The summed E-state index contributed by atoms with van der Waals surface area (Å²) in [7, 11) is 2.01. The van der Waals surface area contributed by atoms with E-state index in [4.69, 9.17) is 4.99 Å². The van der Waals surface area contributed by atoms with Gasteiger partial charge in [0.1, 0.15) is 4.91 Å². The molecule has 0 saturated carbocycles. The summed E-state index contributed by atoms with van der Waals surface area (Å²) in [5.41, 5.74) is 3.93. The molecule has 1 fully saturated rings. The van der Waals surface area contributed by atoms with Crippen molar-refractivity contribution in [2.75, 3.05) is 11.9 Å². The molecule has 6 nitrogen and oxygen atoms in total. The number of fused-ring (bicyclic) bond motifs is 2. The summed E-state index contributed by atoms with van der Waals surface area (Å²) in [5, 5.41) is 9.66. The second-order valence-corrected chi connectivity index (χ2v) is 9.79. The van der Waals surface area contributed by atoms with Gasteiger partial charge in [-0.3, -0.25) is 14.8 Å². The fourth-order valence-electron chi connectivity index (χ4n) is 3.93. The molecule has 1 N–H and O–H groups in total. The molecule has 6 rings (SSSR count). The normalized spacial score (nSPS) is 19.2. The Hall–Kier alpha value is -3.49. The molecule has 0 unspecified atom stereocenters. The highest BCUT2D eigenvalue weighted by molar-refractivity contribution is 8.19. The summed E-state index contributed by atoms with van der Waals surface area (Å²) < 4.78 is 0. The zero-order chi connectivity index (χ0) is 22.4. The van der Waals surface area contributed by atoms with Crippen LogP contribution in [0.3, 0.4) is 0 Å². The third kappa shape index (κ3) is 3.61. The summed E-state index contributed by atoms with van der Waals surface area (Å²) in [6.45, 7) is 0.470. The molecule has 33 heavy (non-hydrogen) atoms. The fraction of sp³-hybridized carbons (Fsp3) is 0.0800. The van der Waals surface area contributed by atoms with E-state index >= 15 is 0 Å². The molecule has 0 bridgehead atoms. The lowest BCUT2D eigenvalue weighted by molar-refractivity contribution is -0.122. The van der Waals surface area contributed by atoms with Crippen LogP contribution < -0.4 is 4.90 Å². The van der Waals surface area contributed by atoms with Crippen LogP contribution in [0.5, 0.6) is 0 Å². The first-order valence-electron chi connectivity index (χ1n) is 10.5. The molecule has 3 heterocycles. The van der Waals surface area contributed by atoms with Crippen LogP contribution in [0.25, 0.3) is 10.9 Å². The summed E-state index contributed by atoms with van der Waals surface area (Å²) in [5.74, 6) is -0.0193. The Balaban J connectivity index is 1.42. The molecular formula is C25H19N5OS2. The highest BCUT2D eigenvalue weighted by Gasteiger charge is 2.39. The van der Waals surface area contributed by atoms with Gasteiger partial charge in [0.2, 0.25) is 0 Å². The SMILES string of the molecule is CN1C(=C2SC(=Nc3ccc4[nH]ncc4c3)N(Cc3ccccc3)C2=O)Sc2ccccc21. The molecule has 1 amide bonds. The number of rotatable bonds is 3. The topological polar surface area (TPSA) is 64.6 Å². The van der Waals surface area contributed by atoms with Crippen molar-refractivity contribution in [1.82, 2.24) is 15.1 Å². The Bertz CT molecular complexity index is 1440. The Kier molecular flexibility index (Phi) is 4.96. The van der Waals surface area contributed by atoms with Crippen LogP contribution in [-0.4, -0.2) is 33.2 Å². The van der Waals surface area contributed by atoms with Crippen LogP contribution in [0.4, 0.5) is 11.4 Å². The van der Waals surface area contributed by atoms with E-state index in [1.165, 1.54) is 11.8 Å². The second kappa shape index (κ2) is 8.13. The first kappa shape index (κ1) is 20.1. The predicted molar refractivity (Wildman–Crippen MR) is 135 cm³/mol. The maximum absolute atomic E-state index is 13.7. The van der Waals surface area contributed by atoms with Gasteiger partial charge in [0.05, 0.1) is 34.7 Å². The molecule has 8 heteroatoms. The minimum absolute atomic E-state index is 0.0193. The number of thioether (sulfide) groups is 2. The minimum atomic E-state index is -0.0193. The lowest BCUT2D eigenvalue weighted by atomic mass is 10.2. The van der Waals surface area contributed by atoms with Crippen molar-refractivity contribution in [3.8, 4) is 0 Å². The zero-order valence-electron chi connectivity index (χ0n) is 17.7. The number of carbonyl (C=O) groups excluding carboxylic acids is 1. The van der Waals surface area contributed by atoms with E-state index in [9.17, 15) is 4.79 Å². The van der Waals surface area contributed by atoms with Gasteiger partial charge < -0.3 is 4.90 Å². The quantitative estimate of drug-likeness (QED) is 0.388. The molecule has 2 aliphatic rings. The van der Waals surface area contributed by atoms with Crippen LogP contribution in [0, 0.1) is 0 Å². The number of para-hydroxylation sites is 1. The second-order valence-electron chi connectivity index (χ2n) is 7.78. The molecular weight excluding hydrogens is 450 g/mol. The first-order chi connectivity index (χ1) is 16.2. The highest BCUT2D eigenvalue weighted by Crippen LogP contribution is 2.50. The molecule has 0 aliphatic carbocycles. The smallest absolute Gasteiger partial charge is 0.269 e. The van der Waals surface area contributed by atoms with Crippen LogP contribution in [0.2, 0.25) is 0 Å². The number of carbonyl (C=O) groups is 1. The minimum Gasteiger partial charge on any atom is -0.337 e. The van der Waals surface area contributed by atoms with Gasteiger partial charge in [-0.25, -0.2) is 4.99 Å². The van der Waals surface area contributed by atoms with Crippen molar-refractivity contribution in [2.24, 2.45) is 4.99 Å². The zero-order valence-corrected chi connectivity index (χ0v) is 19.4. The predicted octanol–water partition coefficient (Wildman–Crippen LogP) is 5.74. The Morgan fingerprint density at radius 2 is 1.82 bits per heavy atom. The lowest BCUT2D eigenvalue weighted by Gasteiger charge is -2.16. The molecule has 0 radical (unpaired) electrons. The maximum Gasteiger partial charge on any atom is 0.269 e. The number of anilines is 1. The Labute approximate surface area is 199 Å². The van der Waals surface area contributed by atoms with Crippen LogP contribution in [0.1, 0.15) is 5.56 Å². The van der Waals surface area contributed by atoms with E-state index in [2.05, 4.69) is 27.2 Å². The van der Waals surface area contributed by atoms with Gasteiger partial charge in [-0.15, -0.1) is 0 Å². The van der Waals surface area contributed by atoms with E-state index in [-0.39, 0.29) is 5.91 Å². The molecule has 0 atom stereocenters. The Morgan fingerprint density at radius 1 is 1.00 bits per heavy atom. The molecule has 1 aromatic heterocycles. The fourth-order valence-corrected chi connectivity index (χ4v) is 6.28. The maximum atomic E-state index is 13.7. The van der Waals surface area contributed by atoms with Crippen molar-refractivity contribution < 1.29 is 4.79 Å². The summed E-state index contributed by atoms with van der Waals surface area (Å²) in [6, 6.07) is 24.1. The lowest BCUT2D eigenvalue weighted by Crippen LogP contribution is -2.29. The molecule has 4 aromatic rings. The number of aromatic nitrogens is 2. The number of aliphatic imine (C=N–C) groups is 1. The average molecular weight is 470 g/mol. The van der Waals surface area contributed by atoms with Gasteiger partial charge in [-0.2, -0.15) is 5.10 Å². The number of aromatic amines is 1. The van der Waals surface area contributed by atoms with Crippen molar-refractivity contribution >= 4 is 56.9 Å². The summed E-state index contributed by atoms with van der Waals surface area (Å²) >= 11 is 3.07. The number of benzene rings is 3. The van der Waals surface area contributed by atoms with Crippen LogP contribution in [-0.2, 0) is 11.3 Å². The van der Waals surface area contributed by atoms with Crippen molar-refractivity contribution in [2.45, 2.75) is 11.4 Å². The Morgan fingerprint density at radius 3 is 2.67 bits per heavy atom. The van der Waals surface area contributed by atoms with E-state index in [0.717, 1.165) is 37.8 Å². The molecule has 0 spiro atoms. The molecule has 2 aliphatic heterocycles. The monoisotopic (exact) mass is 469 g/mol. The first-order valence-corrected chi connectivity index (χ1v) is 12.1. The van der Waals surface area contributed by atoms with E-state index in [1.807, 2.05) is 67.7 Å². The van der Waals surface area contributed by atoms with E-state index in [1.54, 1.807) is 22.9 Å². The number of nitrogens with one attached hydrogen (secondary N) is 1. The van der Waals surface area contributed by atoms with Crippen molar-refractivity contribution in [3.63, 3.8) is 0 Å². The molecule has 1 saturated heterocycles. The standard InChI is InChI=1S/C25H19N5OS2/c1-29-20-9-5-6-10-21(20)32-24(29)22-23(31)30(15-16-7-3-2-4-8-16)25(33-22)27-18-11-12-19-17(13-18)14-26-28-19/h2-14H,15H2,1H3,(H,26,28). The number of nitrogens with zero attached hydrogens (tertiary/aromatic N) is 4. The van der Waals surface area contributed by atoms with Crippen molar-refractivity contribution in [3.05, 3.63) is 94.5 Å². The van der Waals surface area contributed by atoms with Gasteiger partial charge in [0.15, 0.2) is 5.17 Å². The third-order valence-corrected chi connectivity index (χ3v) is 8.06. The third-order valence-electron chi connectivity index (χ3n) is 5.63. The number of H-pyrrole nitrogens is 1. The van der Waals surface area contributed by atoms with Crippen LogP contribution in [0.15, 0.2) is 98.8 Å². The van der Waals surface area contributed by atoms with Crippen LogP contribution >= 0.6 is 23.5 Å². The summed E-state index contributed by atoms with van der Waals surface area (Å²) in [4.78, 5) is 24.3. The highest BCUT2D eigenvalue weighted by atomic mass is 32.2. The number of amidine groups is 1. The number of hydrogen-bond donors (Lipinski definition) is 1. The van der Waals surface area contributed by atoms with Gasteiger partial charge >= 0.3 is 0 Å². The number of amides is 1. The van der Waals surface area contributed by atoms with E-state index < -0.39 is 0 Å². The molecule has 3 aromatic carbocycles. The van der Waals surface area contributed by atoms with Crippen molar-refractivity contribution in [1.29, 1.82) is 0 Å². The van der Waals surface area contributed by atoms with Gasteiger partial charge in [0, 0.05) is 17.3 Å². The van der Waals surface area contributed by atoms with Gasteiger partial charge in [-0.1, -0.05) is 54.2 Å².